The standard InChI is InChI=1S/C16H19F3N2O3/c1-20-14(23)11-3-2-4-12(9-11)15(24)21-7-5-10(6-8-21)13(22)16(17,18)19/h2-4,9-10,13,22H,5-8H2,1H3,(H,20,23). The highest BCUT2D eigenvalue weighted by atomic mass is 19.4. The zero-order valence-corrected chi connectivity index (χ0v) is 13.1. The fourth-order valence-corrected chi connectivity index (χ4v) is 2.81. The van der Waals surface area contributed by atoms with Gasteiger partial charge in [0, 0.05) is 31.3 Å². The fraction of sp³-hybridized carbons (Fsp3) is 0.500. The molecular weight excluding hydrogens is 325 g/mol. The number of aliphatic hydroxyl groups excluding tert-OH is 1. The Bertz CT molecular complexity index is 611. The predicted molar refractivity (Wildman–Crippen MR) is 80.5 cm³/mol. The van der Waals surface area contributed by atoms with E-state index in [9.17, 15) is 27.9 Å². The number of alkyl halides is 3. The first-order chi connectivity index (χ1) is 11.2. The molecule has 2 N–H and O–H groups in total. The predicted octanol–water partition coefficient (Wildman–Crippen LogP) is 1.82. The van der Waals surface area contributed by atoms with E-state index < -0.39 is 18.2 Å². The van der Waals surface area contributed by atoms with Gasteiger partial charge in [-0.2, -0.15) is 13.2 Å². The molecular formula is C16H19F3N2O3. The number of carbonyl (C=O) groups is 2. The Kier molecular flexibility index (Phi) is 5.48. The number of hydrogen-bond acceptors (Lipinski definition) is 3. The molecule has 1 heterocycles. The summed E-state index contributed by atoms with van der Waals surface area (Å²) >= 11 is 0. The molecule has 1 saturated heterocycles. The van der Waals surface area contributed by atoms with Gasteiger partial charge < -0.3 is 15.3 Å². The van der Waals surface area contributed by atoms with Gasteiger partial charge >= 0.3 is 6.18 Å². The van der Waals surface area contributed by atoms with E-state index >= 15 is 0 Å². The Hall–Kier alpha value is -2.09. The molecule has 1 atom stereocenters. The molecule has 0 saturated carbocycles. The van der Waals surface area contributed by atoms with Crippen LogP contribution in [0.25, 0.3) is 0 Å². The van der Waals surface area contributed by atoms with E-state index in [0.29, 0.717) is 11.1 Å². The highest BCUT2D eigenvalue weighted by Gasteiger charge is 2.44. The van der Waals surface area contributed by atoms with E-state index in [0.717, 1.165) is 0 Å². The number of carbonyl (C=O) groups excluding carboxylic acids is 2. The molecule has 1 aliphatic rings. The third-order valence-corrected chi connectivity index (χ3v) is 4.21. The molecule has 1 fully saturated rings. The highest BCUT2D eigenvalue weighted by Crippen LogP contribution is 2.31. The minimum atomic E-state index is -4.64. The van der Waals surface area contributed by atoms with Crippen LogP contribution in [0.5, 0.6) is 0 Å². The number of likely N-dealkylation sites (tertiary alicyclic amines) is 1. The smallest absolute Gasteiger partial charge is 0.383 e. The Morgan fingerprint density at radius 2 is 1.83 bits per heavy atom. The number of rotatable bonds is 3. The van der Waals surface area contributed by atoms with Gasteiger partial charge in [-0.25, -0.2) is 0 Å². The normalized spacial score (nSPS) is 17.5. The first-order valence-corrected chi connectivity index (χ1v) is 7.60. The lowest BCUT2D eigenvalue weighted by Gasteiger charge is -2.34. The van der Waals surface area contributed by atoms with Crippen LogP contribution in [0.2, 0.25) is 0 Å². The van der Waals surface area contributed by atoms with E-state index in [1.54, 1.807) is 18.2 Å². The lowest BCUT2D eigenvalue weighted by molar-refractivity contribution is -0.222. The van der Waals surface area contributed by atoms with Gasteiger partial charge in [0.2, 0.25) is 0 Å². The van der Waals surface area contributed by atoms with Gasteiger partial charge in [-0.1, -0.05) is 6.07 Å². The van der Waals surface area contributed by atoms with Crippen LogP contribution in [0.15, 0.2) is 24.3 Å². The molecule has 0 aliphatic carbocycles. The summed E-state index contributed by atoms with van der Waals surface area (Å²) in [6.45, 7) is 0.279. The number of aliphatic hydroxyl groups is 1. The first-order valence-electron chi connectivity index (χ1n) is 7.60. The van der Waals surface area contributed by atoms with Crippen molar-refractivity contribution in [1.82, 2.24) is 10.2 Å². The van der Waals surface area contributed by atoms with Crippen molar-refractivity contribution < 1.29 is 27.9 Å². The van der Waals surface area contributed by atoms with Crippen molar-refractivity contribution in [2.45, 2.75) is 25.1 Å². The summed E-state index contributed by atoms with van der Waals surface area (Å²) in [7, 11) is 1.48. The van der Waals surface area contributed by atoms with Crippen LogP contribution >= 0.6 is 0 Å². The molecule has 8 heteroatoms. The van der Waals surface area contributed by atoms with E-state index in [1.165, 1.54) is 18.0 Å². The number of piperidine rings is 1. The number of hydrogen-bond donors (Lipinski definition) is 2. The van der Waals surface area contributed by atoms with E-state index in [4.69, 9.17) is 0 Å². The zero-order chi connectivity index (χ0) is 17.9. The minimum absolute atomic E-state index is 0.0849. The second-order valence-corrected chi connectivity index (χ2v) is 5.78. The molecule has 5 nitrogen and oxygen atoms in total. The van der Waals surface area contributed by atoms with Crippen molar-refractivity contribution in [1.29, 1.82) is 0 Å². The van der Waals surface area contributed by atoms with Crippen molar-refractivity contribution in [3.8, 4) is 0 Å². The summed E-state index contributed by atoms with van der Waals surface area (Å²) in [6, 6.07) is 6.17. The van der Waals surface area contributed by atoms with Crippen LogP contribution in [0.4, 0.5) is 13.2 Å². The molecule has 132 valence electrons. The van der Waals surface area contributed by atoms with E-state index in [-0.39, 0.29) is 37.7 Å². The van der Waals surface area contributed by atoms with Gasteiger partial charge in [0.25, 0.3) is 11.8 Å². The van der Waals surface area contributed by atoms with Gasteiger partial charge in [0.05, 0.1) is 0 Å². The molecule has 0 spiro atoms. The highest BCUT2D eigenvalue weighted by molar-refractivity contribution is 5.99. The summed E-state index contributed by atoms with van der Waals surface area (Å²) in [4.78, 5) is 25.5. The molecule has 1 unspecified atom stereocenters. The SMILES string of the molecule is CNC(=O)c1cccc(C(=O)N2CCC(C(O)C(F)(F)F)CC2)c1. The topological polar surface area (TPSA) is 69.6 Å². The van der Waals surface area contributed by atoms with Crippen LogP contribution in [0, 0.1) is 5.92 Å². The number of amides is 2. The number of halogens is 3. The summed E-state index contributed by atoms with van der Waals surface area (Å²) in [5.74, 6) is -1.55. The van der Waals surface area contributed by atoms with Gasteiger partial charge in [0.1, 0.15) is 0 Å². The summed E-state index contributed by atoms with van der Waals surface area (Å²) < 4.78 is 37.6. The van der Waals surface area contributed by atoms with E-state index in [1.807, 2.05) is 0 Å². The van der Waals surface area contributed by atoms with Crippen molar-refractivity contribution >= 4 is 11.8 Å². The monoisotopic (exact) mass is 344 g/mol. The van der Waals surface area contributed by atoms with Crippen LogP contribution in [0.1, 0.15) is 33.6 Å². The Morgan fingerprint density at radius 3 is 2.38 bits per heavy atom. The third kappa shape index (κ3) is 4.05. The van der Waals surface area contributed by atoms with Gasteiger partial charge in [0.15, 0.2) is 6.10 Å². The number of nitrogens with zero attached hydrogens (tertiary/aromatic N) is 1. The fourth-order valence-electron chi connectivity index (χ4n) is 2.81. The first kappa shape index (κ1) is 18.3. The number of benzene rings is 1. The molecule has 0 radical (unpaired) electrons. The maximum Gasteiger partial charge on any atom is 0.414 e. The minimum Gasteiger partial charge on any atom is -0.383 e. The average molecular weight is 344 g/mol. The Morgan fingerprint density at radius 1 is 1.25 bits per heavy atom. The Labute approximate surface area is 137 Å². The van der Waals surface area contributed by atoms with Gasteiger partial charge in [-0.05, 0) is 37.0 Å². The molecule has 0 bridgehead atoms. The molecule has 2 rings (SSSR count). The zero-order valence-electron chi connectivity index (χ0n) is 13.1. The second-order valence-electron chi connectivity index (χ2n) is 5.78. The van der Waals surface area contributed by atoms with Crippen molar-refractivity contribution in [2.24, 2.45) is 5.92 Å². The molecule has 0 aromatic heterocycles. The number of nitrogens with one attached hydrogen (secondary N) is 1. The van der Waals surface area contributed by atoms with Crippen LogP contribution in [-0.4, -0.2) is 54.2 Å². The molecule has 1 aromatic carbocycles. The lowest BCUT2D eigenvalue weighted by Crippen LogP contribution is -2.45. The van der Waals surface area contributed by atoms with Crippen molar-refractivity contribution in [3.05, 3.63) is 35.4 Å². The van der Waals surface area contributed by atoms with Gasteiger partial charge in [-0.3, -0.25) is 9.59 Å². The molecule has 24 heavy (non-hydrogen) atoms. The molecule has 2 amide bonds. The second kappa shape index (κ2) is 7.21. The van der Waals surface area contributed by atoms with Crippen molar-refractivity contribution in [3.63, 3.8) is 0 Å². The van der Waals surface area contributed by atoms with Gasteiger partial charge in [-0.15, -0.1) is 0 Å². The third-order valence-electron chi connectivity index (χ3n) is 4.21. The summed E-state index contributed by atoms with van der Waals surface area (Å²) in [5, 5.41) is 11.8. The summed E-state index contributed by atoms with van der Waals surface area (Å²) in [5.41, 5.74) is 0.650. The largest absolute Gasteiger partial charge is 0.414 e. The lowest BCUT2D eigenvalue weighted by atomic mass is 9.90. The van der Waals surface area contributed by atoms with E-state index in [2.05, 4.69) is 5.32 Å². The van der Waals surface area contributed by atoms with Crippen LogP contribution < -0.4 is 5.32 Å². The molecule has 1 aromatic rings. The maximum atomic E-state index is 12.5. The summed E-state index contributed by atoms with van der Waals surface area (Å²) in [6.07, 6.45) is -6.83. The van der Waals surface area contributed by atoms with Crippen LogP contribution in [0.3, 0.4) is 0 Å². The average Bonchev–Trinajstić information content (AvgIpc) is 2.59. The maximum absolute atomic E-state index is 12.5. The Balaban J connectivity index is 2.02. The van der Waals surface area contributed by atoms with Crippen molar-refractivity contribution in [2.75, 3.05) is 20.1 Å². The molecule has 1 aliphatic heterocycles. The quantitative estimate of drug-likeness (QED) is 0.879. The van der Waals surface area contributed by atoms with Crippen LogP contribution in [-0.2, 0) is 0 Å².